The maximum atomic E-state index is 11.8. The van der Waals surface area contributed by atoms with Crippen molar-refractivity contribution in [3.05, 3.63) is 85.1 Å². The molecule has 9 heteroatoms. The number of carbonyl (C=O) groups excluding carboxylic acids is 1. The number of carbonyl (C=O) groups is 1. The van der Waals surface area contributed by atoms with Crippen LogP contribution in [0.2, 0.25) is 0 Å². The molecule has 2 unspecified atom stereocenters. The molecule has 244 valence electrons. The maximum Gasteiger partial charge on any atom is 0.472 e. The lowest BCUT2D eigenvalue weighted by atomic mass is 10.2. The summed E-state index contributed by atoms with van der Waals surface area (Å²) in [6, 6.07) is 0. The van der Waals surface area contributed by atoms with Crippen LogP contribution in [0.4, 0.5) is 0 Å². The van der Waals surface area contributed by atoms with Crippen molar-refractivity contribution in [3.63, 3.8) is 0 Å². The number of allylic oxidation sites excluding steroid dienone is 14. The van der Waals surface area contributed by atoms with Gasteiger partial charge in [-0.3, -0.25) is 13.8 Å². The molecule has 0 saturated heterocycles. The average Bonchev–Trinajstić information content (AvgIpc) is 3.00. The van der Waals surface area contributed by atoms with Gasteiger partial charge in [0.1, 0.15) is 6.10 Å². The molecule has 0 aromatic heterocycles. The van der Waals surface area contributed by atoms with E-state index in [-0.39, 0.29) is 32.8 Å². The van der Waals surface area contributed by atoms with E-state index in [1.165, 1.54) is 0 Å². The predicted octanol–water partition coefficient (Wildman–Crippen LogP) is 8.23. The van der Waals surface area contributed by atoms with Gasteiger partial charge in [-0.25, -0.2) is 4.57 Å². The summed E-state index contributed by atoms with van der Waals surface area (Å²) in [6.07, 6.45) is 39.8. The van der Waals surface area contributed by atoms with Gasteiger partial charge in [-0.15, -0.1) is 0 Å². The van der Waals surface area contributed by atoms with Crippen molar-refractivity contribution < 1.29 is 32.8 Å². The van der Waals surface area contributed by atoms with Crippen LogP contribution in [-0.2, 0) is 27.9 Å². The van der Waals surface area contributed by atoms with E-state index in [4.69, 9.17) is 19.7 Å². The van der Waals surface area contributed by atoms with Crippen molar-refractivity contribution in [3.8, 4) is 0 Å². The maximum absolute atomic E-state index is 11.8. The highest BCUT2D eigenvalue weighted by Crippen LogP contribution is 2.43. The van der Waals surface area contributed by atoms with Crippen molar-refractivity contribution in [2.24, 2.45) is 5.73 Å². The fourth-order valence-corrected chi connectivity index (χ4v) is 4.13. The van der Waals surface area contributed by atoms with E-state index in [0.29, 0.717) is 6.61 Å². The molecule has 0 aliphatic rings. The summed E-state index contributed by atoms with van der Waals surface area (Å²) in [5, 5.41) is 0. The molecule has 43 heavy (non-hydrogen) atoms. The Balaban J connectivity index is 3.86. The van der Waals surface area contributed by atoms with Crippen LogP contribution in [0.15, 0.2) is 85.1 Å². The minimum atomic E-state index is -4.25. The second kappa shape index (κ2) is 31.1. The van der Waals surface area contributed by atoms with E-state index >= 15 is 0 Å². The molecule has 0 fully saturated rings. The van der Waals surface area contributed by atoms with Gasteiger partial charge in [-0.05, 0) is 64.2 Å². The average molecular weight is 622 g/mol. The Hall–Kier alpha value is -2.32. The molecule has 0 rings (SSSR count). The Morgan fingerprint density at radius 1 is 0.698 bits per heavy atom. The van der Waals surface area contributed by atoms with Crippen LogP contribution in [0.3, 0.4) is 0 Å². The molecule has 0 aliphatic heterocycles. The first-order valence-corrected chi connectivity index (χ1v) is 17.1. The highest BCUT2D eigenvalue weighted by molar-refractivity contribution is 7.47. The van der Waals surface area contributed by atoms with Gasteiger partial charge >= 0.3 is 13.8 Å². The molecule has 3 N–H and O–H groups in total. The Morgan fingerprint density at radius 3 is 1.65 bits per heavy atom. The van der Waals surface area contributed by atoms with Crippen molar-refractivity contribution in [2.45, 2.75) is 90.6 Å². The second-order valence-electron chi connectivity index (χ2n) is 9.54. The molecule has 8 nitrogen and oxygen atoms in total. The smallest absolute Gasteiger partial charge is 0.457 e. The molecule has 2 atom stereocenters. The molecule has 0 aliphatic carbocycles. The fraction of sp³-hybridized carbons (Fsp3) is 0.559. The second-order valence-corrected chi connectivity index (χ2v) is 11.0. The minimum Gasteiger partial charge on any atom is -0.457 e. The summed E-state index contributed by atoms with van der Waals surface area (Å²) >= 11 is 0. The fourth-order valence-electron chi connectivity index (χ4n) is 3.36. The van der Waals surface area contributed by atoms with E-state index in [2.05, 4.69) is 96.5 Å². The van der Waals surface area contributed by atoms with E-state index in [1.54, 1.807) is 6.92 Å². The zero-order valence-electron chi connectivity index (χ0n) is 26.4. The molecule has 0 aromatic rings. The molecule has 0 saturated carbocycles. The lowest BCUT2D eigenvalue weighted by molar-refractivity contribution is -0.154. The topological polar surface area (TPSA) is 117 Å². The number of phosphoric acid groups is 1. The van der Waals surface area contributed by atoms with Crippen LogP contribution < -0.4 is 5.73 Å². The first-order valence-electron chi connectivity index (χ1n) is 15.6. The van der Waals surface area contributed by atoms with Gasteiger partial charge in [0.15, 0.2) is 0 Å². The molecule has 0 radical (unpaired) electrons. The Kier molecular flexibility index (Phi) is 29.4. The number of rotatable bonds is 28. The van der Waals surface area contributed by atoms with E-state index < -0.39 is 19.9 Å². The third-order valence-electron chi connectivity index (χ3n) is 5.63. The van der Waals surface area contributed by atoms with Gasteiger partial charge in [0.05, 0.1) is 19.8 Å². The van der Waals surface area contributed by atoms with Crippen LogP contribution in [-0.4, -0.2) is 49.9 Å². The summed E-state index contributed by atoms with van der Waals surface area (Å²) in [5.74, 6) is -0.440. The van der Waals surface area contributed by atoms with Crippen LogP contribution in [0.25, 0.3) is 0 Å². The summed E-state index contributed by atoms with van der Waals surface area (Å²) in [6.45, 7) is 4.04. The van der Waals surface area contributed by atoms with Gasteiger partial charge < -0.3 is 20.1 Å². The number of hydrogen-bond acceptors (Lipinski definition) is 7. The van der Waals surface area contributed by atoms with E-state index in [9.17, 15) is 14.3 Å². The number of unbranched alkanes of at least 4 members (excludes halogenated alkanes) is 2. The van der Waals surface area contributed by atoms with Crippen molar-refractivity contribution in [1.82, 2.24) is 0 Å². The molecule has 0 bridgehead atoms. The molecule has 0 amide bonds. The highest BCUT2D eigenvalue weighted by Gasteiger charge is 2.24. The number of nitrogens with two attached hydrogens (primary N) is 1. The zero-order chi connectivity index (χ0) is 31.7. The first kappa shape index (κ1) is 40.7. The van der Waals surface area contributed by atoms with Gasteiger partial charge in [0, 0.05) is 19.6 Å². The predicted molar refractivity (Wildman–Crippen MR) is 178 cm³/mol. The first-order chi connectivity index (χ1) is 20.9. The molecule has 0 aromatic carbocycles. The number of esters is 1. The normalized spacial score (nSPS) is 15.0. The van der Waals surface area contributed by atoms with Crippen molar-refractivity contribution >= 4 is 13.8 Å². The molecular formula is C34H56NO7P. The summed E-state index contributed by atoms with van der Waals surface area (Å²) in [5.41, 5.74) is 5.26. The van der Waals surface area contributed by atoms with Crippen LogP contribution in [0, 0.1) is 0 Å². The molecular weight excluding hydrogens is 565 g/mol. The third kappa shape index (κ3) is 30.9. The summed E-state index contributed by atoms with van der Waals surface area (Å²) < 4.78 is 32.2. The van der Waals surface area contributed by atoms with Crippen molar-refractivity contribution in [2.75, 3.05) is 33.0 Å². The highest BCUT2D eigenvalue weighted by atomic mass is 31.2. The zero-order valence-corrected chi connectivity index (χ0v) is 27.3. The summed E-state index contributed by atoms with van der Waals surface area (Å²) in [4.78, 5) is 21.2. The minimum absolute atomic E-state index is 0.0706. The number of hydrogen-bond donors (Lipinski definition) is 2. The molecule has 0 spiro atoms. The standard InChI is InChI=1S/C34H56NO7P/c1-3-5-6-7-8-9-10-11-12-13-14-15-16-17-18-19-20-21-22-23-24-25-26-27-29-39-31-33(42-34(36)4-2)32-41-43(37,38)40-30-28-35/h5-6,8-9,11-12,14-15,17-18,20-21,23-24,33H,3-4,7,10,13,16,19,22,25-32,35H2,1-2H3,(H,37,38)/b6-5-,9-8-,12-11-,15-14-,18-17-,21-20-,24-23-. The van der Waals surface area contributed by atoms with Gasteiger partial charge in [0.2, 0.25) is 0 Å². The van der Waals surface area contributed by atoms with Crippen molar-refractivity contribution in [1.29, 1.82) is 0 Å². The number of phosphoric ester groups is 1. The van der Waals surface area contributed by atoms with Crippen LogP contribution >= 0.6 is 7.82 Å². The lowest BCUT2D eigenvalue weighted by Gasteiger charge is -2.19. The van der Waals surface area contributed by atoms with Gasteiger partial charge in [-0.2, -0.15) is 0 Å². The number of ether oxygens (including phenoxy) is 2. The summed E-state index contributed by atoms with van der Waals surface area (Å²) in [7, 11) is -4.25. The molecule has 0 heterocycles. The van der Waals surface area contributed by atoms with E-state index in [1.807, 2.05) is 0 Å². The van der Waals surface area contributed by atoms with E-state index in [0.717, 1.165) is 64.2 Å². The third-order valence-corrected chi connectivity index (χ3v) is 6.62. The van der Waals surface area contributed by atoms with Crippen LogP contribution in [0.1, 0.15) is 84.5 Å². The quantitative estimate of drug-likeness (QED) is 0.0388. The monoisotopic (exact) mass is 621 g/mol. The SMILES string of the molecule is CC/C=C\C/C=C\C/C=C\C/C=C\C/C=C\C/C=C\C/C=C\CCCCOCC(COP(=O)(O)OCCN)OC(=O)CC. The van der Waals surface area contributed by atoms with Gasteiger partial charge in [-0.1, -0.05) is 98.9 Å². The lowest BCUT2D eigenvalue weighted by Crippen LogP contribution is -2.28. The Labute approximate surface area is 260 Å². The van der Waals surface area contributed by atoms with Gasteiger partial charge in [0.25, 0.3) is 0 Å². The van der Waals surface area contributed by atoms with Crippen LogP contribution in [0.5, 0.6) is 0 Å². The largest absolute Gasteiger partial charge is 0.472 e. The Bertz CT molecular complexity index is 922. The Morgan fingerprint density at radius 2 is 1.19 bits per heavy atom.